The van der Waals surface area contributed by atoms with Gasteiger partial charge < -0.3 is 9.64 Å². The zero-order valence-corrected chi connectivity index (χ0v) is 22.2. The van der Waals surface area contributed by atoms with E-state index in [0.29, 0.717) is 27.1 Å². The normalized spacial score (nSPS) is 21.5. The van der Waals surface area contributed by atoms with Gasteiger partial charge in [-0.1, -0.05) is 59.9 Å². The van der Waals surface area contributed by atoms with Gasteiger partial charge in [0.05, 0.1) is 34.5 Å². The molecule has 37 heavy (non-hydrogen) atoms. The minimum absolute atomic E-state index is 0.0472. The summed E-state index contributed by atoms with van der Waals surface area (Å²) < 4.78 is 7.66. The zero-order chi connectivity index (χ0) is 26.1. The van der Waals surface area contributed by atoms with Crippen molar-refractivity contribution in [3.05, 3.63) is 96.7 Å². The lowest BCUT2D eigenvalue weighted by atomic mass is 9.94. The van der Waals surface area contributed by atoms with E-state index in [1.807, 2.05) is 67.5 Å². The minimum Gasteiger partial charge on any atom is -0.463 e. The molecule has 0 saturated carbocycles. The van der Waals surface area contributed by atoms with Crippen LogP contribution in [0.4, 0.5) is 5.69 Å². The Morgan fingerprint density at radius 3 is 2.57 bits per heavy atom. The maximum absolute atomic E-state index is 13.9. The molecule has 0 radical (unpaired) electrons. The number of rotatable bonds is 6. The highest BCUT2D eigenvalue weighted by atomic mass is 32.1. The second-order valence-electron chi connectivity index (χ2n) is 9.39. The number of hydrogen-bond donors (Lipinski definition) is 2. The van der Waals surface area contributed by atoms with E-state index in [2.05, 4.69) is 28.0 Å². The second kappa shape index (κ2) is 10.5. The maximum Gasteiger partial charge on any atom is 0.338 e. The first-order chi connectivity index (χ1) is 17.9. The molecule has 1 saturated heterocycles. The number of nitrogens with one attached hydrogen (secondary N) is 2. The predicted octanol–water partition coefficient (Wildman–Crippen LogP) is 2.28. The summed E-state index contributed by atoms with van der Waals surface area (Å²) in [7, 11) is 3.95. The van der Waals surface area contributed by atoms with E-state index >= 15 is 0 Å². The van der Waals surface area contributed by atoms with Crippen molar-refractivity contribution >= 4 is 29.1 Å². The smallest absolute Gasteiger partial charge is 0.338 e. The fraction of sp³-hybridized carbons (Fsp3) is 0.321. The van der Waals surface area contributed by atoms with Crippen molar-refractivity contribution in [3.8, 4) is 0 Å². The van der Waals surface area contributed by atoms with Crippen molar-refractivity contribution in [3.63, 3.8) is 0 Å². The van der Waals surface area contributed by atoms with Crippen molar-refractivity contribution in [1.29, 1.82) is 0 Å². The monoisotopic (exact) mass is 517 g/mol. The highest BCUT2D eigenvalue weighted by Gasteiger charge is 2.34. The number of hydrazine groups is 1. The molecule has 1 aromatic heterocycles. The second-order valence-corrected chi connectivity index (χ2v) is 10.4. The summed E-state index contributed by atoms with van der Waals surface area (Å²) in [5.74, 6) is -0.375. The van der Waals surface area contributed by atoms with Gasteiger partial charge in [0, 0.05) is 32.2 Å². The Labute approximate surface area is 219 Å². The quantitative estimate of drug-likeness (QED) is 0.488. The molecule has 3 atom stereocenters. The number of anilines is 1. The molecule has 3 heterocycles. The lowest BCUT2D eigenvalue weighted by molar-refractivity contribution is -0.139. The van der Waals surface area contributed by atoms with Gasteiger partial charge in [0.25, 0.3) is 5.56 Å². The number of fused-ring (bicyclic) bond motifs is 1. The van der Waals surface area contributed by atoms with Crippen LogP contribution in [0.2, 0.25) is 0 Å². The van der Waals surface area contributed by atoms with Gasteiger partial charge in [0.15, 0.2) is 4.80 Å². The number of nitrogens with zero attached hydrogens (tertiary/aromatic N) is 3. The summed E-state index contributed by atoms with van der Waals surface area (Å²) in [4.78, 5) is 34.3. The van der Waals surface area contributed by atoms with Gasteiger partial charge in [0.2, 0.25) is 0 Å². The Morgan fingerprint density at radius 2 is 1.89 bits per heavy atom. The molecule has 0 amide bonds. The van der Waals surface area contributed by atoms with Crippen LogP contribution >= 0.6 is 11.3 Å². The highest BCUT2D eigenvalue weighted by Crippen LogP contribution is 2.32. The van der Waals surface area contributed by atoms with E-state index in [9.17, 15) is 9.59 Å². The molecule has 192 valence electrons. The van der Waals surface area contributed by atoms with E-state index < -0.39 is 12.0 Å². The predicted molar refractivity (Wildman–Crippen MR) is 146 cm³/mol. The van der Waals surface area contributed by atoms with Gasteiger partial charge in [-0.3, -0.25) is 14.8 Å². The highest BCUT2D eigenvalue weighted by molar-refractivity contribution is 7.07. The lowest BCUT2D eigenvalue weighted by Gasteiger charge is -2.25. The van der Waals surface area contributed by atoms with Gasteiger partial charge in [0.1, 0.15) is 0 Å². The third-order valence-corrected chi connectivity index (χ3v) is 7.79. The molecule has 8 nitrogen and oxygen atoms in total. The van der Waals surface area contributed by atoms with Gasteiger partial charge in [-0.15, -0.1) is 0 Å². The first kappa shape index (κ1) is 25.1. The summed E-state index contributed by atoms with van der Waals surface area (Å²) in [6, 6.07) is 17.5. The van der Waals surface area contributed by atoms with Crippen LogP contribution in [0.15, 0.2) is 75.7 Å². The summed E-state index contributed by atoms with van der Waals surface area (Å²) in [6.45, 7) is 4.52. The Kier molecular flexibility index (Phi) is 7.10. The molecule has 0 bridgehead atoms. The Hall–Kier alpha value is -3.53. The van der Waals surface area contributed by atoms with E-state index in [-0.39, 0.29) is 24.1 Å². The first-order valence-electron chi connectivity index (χ1n) is 12.4. The molecular weight excluding hydrogens is 486 g/mol. The number of aromatic nitrogens is 1. The molecular formula is C28H31N5O3S. The molecule has 3 aromatic rings. The summed E-state index contributed by atoms with van der Waals surface area (Å²) in [5, 5.41) is 0. The number of thiazole rings is 1. The number of benzene rings is 2. The number of carbonyl (C=O) groups excluding carboxylic acids is 1. The van der Waals surface area contributed by atoms with Crippen LogP contribution in [0.25, 0.3) is 6.08 Å². The van der Waals surface area contributed by atoms with Gasteiger partial charge in [-0.05, 0) is 37.1 Å². The van der Waals surface area contributed by atoms with E-state index in [1.54, 1.807) is 18.4 Å². The van der Waals surface area contributed by atoms with Crippen LogP contribution in [0, 0.1) is 5.92 Å². The lowest BCUT2D eigenvalue weighted by Crippen LogP contribution is -2.40. The topological polar surface area (TPSA) is 88.0 Å². The van der Waals surface area contributed by atoms with Crippen LogP contribution in [0.5, 0.6) is 0 Å². The third kappa shape index (κ3) is 4.77. The third-order valence-electron chi connectivity index (χ3n) is 6.79. The molecule has 1 fully saturated rings. The van der Waals surface area contributed by atoms with Crippen molar-refractivity contribution in [1.82, 2.24) is 15.4 Å². The maximum atomic E-state index is 13.9. The number of hydrogen-bond acceptors (Lipinski definition) is 8. The zero-order valence-electron chi connectivity index (χ0n) is 21.4. The number of esters is 1. The van der Waals surface area contributed by atoms with E-state index in [1.165, 1.54) is 11.3 Å². The molecule has 0 spiro atoms. The average Bonchev–Trinajstić information content (AvgIpc) is 3.48. The van der Waals surface area contributed by atoms with Gasteiger partial charge >= 0.3 is 5.97 Å². The van der Waals surface area contributed by atoms with Crippen LogP contribution in [-0.2, 0) is 9.53 Å². The molecule has 5 rings (SSSR count). The number of carbonyl (C=O) groups is 1. The van der Waals surface area contributed by atoms with Crippen LogP contribution in [0.3, 0.4) is 0 Å². The Morgan fingerprint density at radius 1 is 1.16 bits per heavy atom. The van der Waals surface area contributed by atoms with Crippen molar-refractivity contribution in [2.24, 2.45) is 10.9 Å². The fourth-order valence-electron chi connectivity index (χ4n) is 4.93. The standard InChI is InChI=1S/C28H31N5O3S/c1-5-36-27(35)23-17(2)30-28-33(25(23)19-11-13-21(14-12-19)32(3)4)26(34)22(37-28)15-20-16-29-31-24(20)18-9-7-6-8-10-18/h6-15,20,24-25,29,31H,5,16H2,1-4H3/b22-15+. The van der Waals surface area contributed by atoms with Crippen LogP contribution in [-0.4, -0.2) is 37.8 Å². The number of ether oxygens (including phenoxy) is 1. The minimum atomic E-state index is -0.613. The molecule has 2 aliphatic rings. The van der Waals surface area contributed by atoms with Gasteiger partial charge in [-0.2, -0.15) is 0 Å². The Bertz CT molecular complexity index is 1510. The SMILES string of the molecule is CCOC(=O)C1=C(C)N=c2s/c(=C/C3CNNC3c3ccccc3)c(=O)n2C1c1ccc(N(C)C)cc1. The molecule has 2 N–H and O–H groups in total. The van der Waals surface area contributed by atoms with Crippen molar-refractivity contribution in [2.75, 3.05) is 32.1 Å². The van der Waals surface area contributed by atoms with Crippen LogP contribution in [0.1, 0.15) is 37.1 Å². The van der Waals surface area contributed by atoms with Crippen LogP contribution < -0.4 is 30.6 Å². The molecule has 0 aliphatic carbocycles. The Balaban J connectivity index is 1.63. The summed E-state index contributed by atoms with van der Waals surface area (Å²) in [6.07, 6.45) is 2.03. The molecule has 3 unspecified atom stereocenters. The number of allylic oxidation sites excluding steroid dienone is 1. The van der Waals surface area contributed by atoms with E-state index in [0.717, 1.165) is 16.8 Å². The fourth-order valence-corrected chi connectivity index (χ4v) is 6.02. The van der Waals surface area contributed by atoms with Gasteiger partial charge in [-0.25, -0.2) is 15.2 Å². The van der Waals surface area contributed by atoms with E-state index in [4.69, 9.17) is 4.74 Å². The molecule has 2 aromatic carbocycles. The molecule has 9 heteroatoms. The molecule has 2 aliphatic heterocycles. The largest absolute Gasteiger partial charge is 0.463 e. The summed E-state index contributed by atoms with van der Waals surface area (Å²) in [5.41, 5.74) is 10.4. The van der Waals surface area contributed by atoms with Crippen molar-refractivity contribution in [2.45, 2.75) is 25.9 Å². The first-order valence-corrected chi connectivity index (χ1v) is 13.2. The van der Waals surface area contributed by atoms with Crippen molar-refractivity contribution < 1.29 is 9.53 Å². The summed E-state index contributed by atoms with van der Waals surface area (Å²) >= 11 is 1.36. The average molecular weight is 518 g/mol.